The van der Waals surface area contributed by atoms with Crippen molar-refractivity contribution in [3.8, 4) is 0 Å². The van der Waals surface area contributed by atoms with E-state index in [2.05, 4.69) is 45.1 Å². The first-order valence-electron chi connectivity index (χ1n) is 10.0. The van der Waals surface area contributed by atoms with Crippen molar-refractivity contribution in [2.24, 2.45) is 11.8 Å². The van der Waals surface area contributed by atoms with Gasteiger partial charge in [0, 0.05) is 6.61 Å². The van der Waals surface area contributed by atoms with E-state index < -0.39 is 11.7 Å². The second-order valence-electron chi connectivity index (χ2n) is 8.06. The molecule has 156 valence electrons. The first kappa shape index (κ1) is 22.6. The number of carbonyl (C=O) groups is 1. The molecule has 28 heavy (non-hydrogen) atoms. The average Bonchev–Trinajstić information content (AvgIpc) is 3.25. The van der Waals surface area contributed by atoms with E-state index in [1.165, 1.54) is 12.7 Å². The van der Waals surface area contributed by atoms with Crippen LogP contribution in [0, 0.1) is 11.8 Å². The van der Waals surface area contributed by atoms with Crippen LogP contribution >= 0.6 is 0 Å². The van der Waals surface area contributed by atoms with E-state index in [0.717, 1.165) is 12.8 Å². The number of hydrogen-bond acceptors (Lipinski definition) is 5. The Balaban J connectivity index is 1.78. The number of carbonyl (C=O) groups excluding carboxylic acids is 1. The van der Waals surface area contributed by atoms with Crippen LogP contribution in [0.4, 0.5) is 0 Å². The molecule has 5 nitrogen and oxygen atoms in total. The topological polar surface area (TPSA) is 68.3 Å². The lowest BCUT2D eigenvalue weighted by molar-refractivity contribution is -0.157. The fraction of sp³-hybridized carbons (Fsp3) is 0.609. The predicted molar refractivity (Wildman–Crippen MR) is 110 cm³/mol. The first-order chi connectivity index (χ1) is 13.3. The summed E-state index contributed by atoms with van der Waals surface area (Å²) in [6, 6.07) is 0. The highest BCUT2D eigenvalue weighted by Gasteiger charge is 2.69. The van der Waals surface area contributed by atoms with Gasteiger partial charge in [-0.1, -0.05) is 62.0 Å². The summed E-state index contributed by atoms with van der Waals surface area (Å²) in [4.78, 5) is 11.7. The fourth-order valence-corrected chi connectivity index (χ4v) is 3.50. The average molecular weight is 391 g/mol. The Morgan fingerprint density at radius 1 is 1.21 bits per heavy atom. The van der Waals surface area contributed by atoms with Crippen LogP contribution in [0.2, 0.25) is 0 Å². The number of aliphatic hydroxyl groups excluding tert-OH is 1. The van der Waals surface area contributed by atoms with Crippen LogP contribution in [0.1, 0.15) is 40.5 Å². The predicted octanol–water partition coefficient (Wildman–Crippen LogP) is 3.74. The largest absolute Gasteiger partial charge is 0.467 e. The van der Waals surface area contributed by atoms with Crippen LogP contribution < -0.4 is 0 Å². The standard InChI is InChI=1S/C23H34O5/c1-16(13-14-24)10-8-11-18(3)15-17(2)9-6-7-12-19-23(4)21(28-23)20(27-19)22(25)26-5/h6-12,16-17,19-21,24H,13-15H2,1-5H3/b9-6+,10-8+,12-7+,18-11+/t16-,17+,19+,20-,21+,23-/m1/s1. The van der Waals surface area contributed by atoms with Crippen LogP contribution in [-0.4, -0.2) is 48.7 Å². The Hall–Kier alpha value is -1.69. The third kappa shape index (κ3) is 5.90. The Kier molecular flexibility index (Phi) is 8.23. The van der Waals surface area contributed by atoms with Gasteiger partial charge in [-0.05, 0) is 38.5 Å². The van der Waals surface area contributed by atoms with Gasteiger partial charge in [0.25, 0.3) is 0 Å². The van der Waals surface area contributed by atoms with Crippen LogP contribution in [0.3, 0.4) is 0 Å². The molecule has 2 aliphatic rings. The molecule has 0 amide bonds. The smallest absolute Gasteiger partial charge is 0.337 e. The zero-order valence-electron chi connectivity index (χ0n) is 17.6. The van der Waals surface area contributed by atoms with Crippen molar-refractivity contribution in [2.45, 2.75) is 64.4 Å². The minimum Gasteiger partial charge on any atom is -0.467 e. The third-order valence-corrected chi connectivity index (χ3v) is 5.34. The molecule has 0 saturated carbocycles. The lowest BCUT2D eigenvalue weighted by atomic mass is 10.00. The van der Waals surface area contributed by atoms with Gasteiger partial charge in [-0.15, -0.1) is 0 Å². The third-order valence-electron chi connectivity index (χ3n) is 5.34. The monoisotopic (exact) mass is 390 g/mol. The van der Waals surface area contributed by atoms with Gasteiger partial charge in [0.15, 0.2) is 6.10 Å². The Morgan fingerprint density at radius 2 is 1.93 bits per heavy atom. The van der Waals surface area contributed by atoms with E-state index in [-0.39, 0.29) is 24.8 Å². The van der Waals surface area contributed by atoms with Gasteiger partial charge < -0.3 is 19.3 Å². The van der Waals surface area contributed by atoms with Gasteiger partial charge in [-0.25, -0.2) is 4.79 Å². The highest BCUT2D eigenvalue weighted by molar-refractivity contribution is 5.77. The van der Waals surface area contributed by atoms with Crippen LogP contribution in [0.5, 0.6) is 0 Å². The zero-order chi connectivity index (χ0) is 20.7. The van der Waals surface area contributed by atoms with E-state index >= 15 is 0 Å². The molecule has 0 aromatic heterocycles. The van der Waals surface area contributed by atoms with Crippen molar-refractivity contribution in [2.75, 3.05) is 13.7 Å². The number of fused-ring (bicyclic) bond motifs is 1. The van der Waals surface area contributed by atoms with Gasteiger partial charge in [-0.3, -0.25) is 0 Å². The van der Waals surface area contributed by atoms with Crippen molar-refractivity contribution in [1.82, 2.24) is 0 Å². The zero-order valence-corrected chi connectivity index (χ0v) is 17.6. The van der Waals surface area contributed by atoms with Crippen molar-refractivity contribution in [1.29, 1.82) is 0 Å². The number of rotatable bonds is 10. The molecule has 0 radical (unpaired) electrons. The van der Waals surface area contributed by atoms with Crippen LogP contribution in [-0.2, 0) is 19.0 Å². The number of allylic oxidation sites excluding steroid dienone is 7. The summed E-state index contributed by atoms with van der Waals surface area (Å²) in [6.45, 7) is 8.60. The number of epoxide rings is 1. The maximum Gasteiger partial charge on any atom is 0.337 e. The van der Waals surface area contributed by atoms with Gasteiger partial charge in [0.2, 0.25) is 0 Å². The fourth-order valence-electron chi connectivity index (χ4n) is 3.50. The lowest BCUT2D eigenvalue weighted by Crippen LogP contribution is -2.29. The minimum atomic E-state index is -0.631. The summed E-state index contributed by atoms with van der Waals surface area (Å²) < 4.78 is 16.2. The molecule has 0 aliphatic carbocycles. The molecule has 2 rings (SSSR count). The van der Waals surface area contributed by atoms with Crippen molar-refractivity contribution in [3.63, 3.8) is 0 Å². The Morgan fingerprint density at radius 3 is 2.61 bits per heavy atom. The van der Waals surface area contributed by atoms with Crippen molar-refractivity contribution in [3.05, 3.63) is 48.1 Å². The number of hydrogen-bond donors (Lipinski definition) is 1. The molecule has 0 spiro atoms. The molecule has 0 bridgehead atoms. The molecule has 6 atom stereocenters. The molecule has 0 aromatic rings. The van der Waals surface area contributed by atoms with E-state index in [9.17, 15) is 4.79 Å². The van der Waals surface area contributed by atoms with Crippen molar-refractivity contribution < 1.29 is 24.1 Å². The number of aliphatic hydroxyl groups is 1. The van der Waals surface area contributed by atoms with E-state index in [0.29, 0.717) is 11.8 Å². The number of methoxy groups -OCH3 is 1. The van der Waals surface area contributed by atoms with Gasteiger partial charge in [-0.2, -0.15) is 0 Å². The molecule has 2 saturated heterocycles. The molecule has 2 aliphatic heterocycles. The summed E-state index contributed by atoms with van der Waals surface area (Å²) in [5, 5.41) is 8.92. The summed E-state index contributed by atoms with van der Waals surface area (Å²) in [6.07, 6.45) is 15.1. The van der Waals surface area contributed by atoms with Gasteiger partial charge in [0.1, 0.15) is 17.8 Å². The van der Waals surface area contributed by atoms with E-state index in [1.54, 1.807) is 0 Å². The number of ether oxygens (including phenoxy) is 3. The van der Waals surface area contributed by atoms with Gasteiger partial charge in [0.05, 0.1) is 7.11 Å². The molecular weight excluding hydrogens is 356 g/mol. The maximum atomic E-state index is 11.7. The minimum absolute atomic E-state index is 0.210. The molecular formula is C23H34O5. The molecule has 1 N–H and O–H groups in total. The van der Waals surface area contributed by atoms with Crippen LogP contribution in [0.25, 0.3) is 0 Å². The molecule has 5 heteroatoms. The second-order valence-corrected chi connectivity index (χ2v) is 8.06. The Bertz CT molecular complexity index is 647. The van der Waals surface area contributed by atoms with E-state index in [1.807, 2.05) is 25.2 Å². The highest BCUT2D eigenvalue weighted by Crippen LogP contribution is 2.50. The lowest BCUT2D eigenvalue weighted by Gasteiger charge is -2.15. The van der Waals surface area contributed by atoms with Gasteiger partial charge >= 0.3 is 5.97 Å². The highest BCUT2D eigenvalue weighted by atomic mass is 16.7. The first-order valence-corrected chi connectivity index (χ1v) is 10.0. The maximum absolute atomic E-state index is 11.7. The Labute approximate surface area is 168 Å². The quantitative estimate of drug-likeness (QED) is 0.350. The summed E-state index contributed by atoms with van der Waals surface area (Å²) >= 11 is 0. The summed E-state index contributed by atoms with van der Waals surface area (Å²) in [5.41, 5.74) is 0.892. The SMILES string of the molecule is COC(=O)[C@@H]1O[C@@H](/C=C/C=C/[C@H](C)C/C(C)=C/C=C/[C@@H](C)CCO)[C@@]2(C)O[C@@H]12. The molecule has 2 fully saturated rings. The second kappa shape index (κ2) is 10.2. The normalized spacial score (nSPS) is 32.2. The van der Waals surface area contributed by atoms with Crippen molar-refractivity contribution >= 4 is 5.97 Å². The van der Waals surface area contributed by atoms with Crippen LogP contribution in [0.15, 0.2) is 48.1 Å². The molecule has 0 unspecified atom stereocenters. The molecule has 0 aromatic carbocycles. The van der Waals surface area contributed by atoms with E-state index in [4.69, 9.17) is 19.3 Å². The number of esters is 1. The summed E-state index contributed by atoms with van der Waals surface area (Å²) in [7, 11) is 1.36. The summed E-state index contributed by atoms with van der Waals surface area (Å²) in [5.74, 6) is 0.429. The molecule has 2 heterocycles.